The van der Waals surface area contributed by atoms with Crippen molar-refractivity contribution in [2.45, 2.75) is 19.3 Å². The van der Waals surface area contributed by atoms with Crippen LogP contribution in [-0.2, 0) is 5.41 Å². The van der Waals surface area contributed by atoms with Crippen LogP contribution in [0.5, 0.6) is 0 Å². The van der Waals surface area contributed by atoms with Crippen LogP contribution in [0.3, 0.4) is 0 Å². The van der Waals surface area contributed by atoms with Crippen LogP contribution in [0.25, 0.3) is 0 Å². The maximum atomic E-state index is 8.01. The highest BCUT2D eigenvalue weighted by molar-refractivity contribution is 5.89. The van der Waals surface area contributed by atoms with E-state index in [9.17, 15) is 0 Å². The van der Waals surface area contributed by atoms with Crippen molar-refractivity contribution in [1.82, 2.24) is 4.90 Å². The van der Waals surface area contributed by atoms with Gasteiger partial charge in [0, 0.05) is 19.5 Å². The lowest BCUT2D eigenvalue weighted by Gasteiger charge is -2.30. The number of rotatable bonds is 2. The summed E-state index contributed by atoms with van der Waals surface area (Å²) in [5, 5.41) is 8.01. The average molecular weight is 190 g/mol. The lowest BCUT2D eigenvalue weighted by Crippen LogP contribution is -2.38. The van der Waals surface area contributed by atoms with E-state index in [1.54, 1.807) is 0 Å². The van der Waals surface area contributed by atoms with Crippen molar-refractivity contribution in [1.29, 1.82) is 5.41 Å². The predicted octanol–water partition coefficient (Wildman–Crippen LogP) is 2.50. The van der Waals surface area contributed by atoms with E-state index < -0.39 is 0 Å². The van der Waals surface area contributed by atoms with Crippen LogP contribution in [-0.4, -0.2) is 24.8 Å². The molecule has 0 amide bonds. The van der Waals surface area contributed by atoms with Crippen LogP contribution in [0.2, 0.25) is 0 Å². The molecule has 76 valence electrons. The van der Waals surface area contributed by atoms with E-state index in [2.05, 4.69) is 26.0 Å². The van der Waals surface area contributed by atoms with E-state index in [0.29, 0.717) is 5.84 Å². The summed E-state index contributed by atoms with van der Waals surface area (Å²) in [5.41, 5.74) is 0.962. The van der Waals surface area contributed by atoms with Gasteiger partial charge in [-0.25, -0.2) is 0 Å². The maximum absolute atomic E-state index is 8.01. The van der Waals surface area contributed by atoms with Crippen molar-refractivity contribution < 1.29 is 0 Å². The first-order valence-electron chi connectivity index (χ1n) is 4.78. The molecule has 0 aliphatic carbocycles. The summed E-state index contributed by atoms with van der Waals surface area (Å²) in [7, 11) is 3.82. The molecule has 0 radical (unpaired) electrons. The van der Waals surface area contributed by atoms with Crippen LogP contribution in [0, 0.1) is 5.41 Å². The van der Waals surface area contributed by atoms with Gasteiger partial charge in [0.15, 0.2) is 0 Å². The third-order valence-electron chi connectivity index (χ3n) is 2.53. The molecule has 0 atom stereocenters. The second-order valence-corrected chi connectivity index (χ2v) is 4.23. The minimum Gasteiger partial charge on any atom is -0.366 e. The lowest BCUT2D eigenvalue weighted by molar-refractivity contribution is 0.533. The van der Waals surface area contributed by atoms with Gasteiger partial charge in [-0.3, -0.25) is 5.41 Å². The Labute approximate surface area is 86.1 Å². The minimum atomic E-state index is -0.218. The highest BCUT2D eigenvalue weighted by Crippen LogP contribution is 2.24. The number of nitrogens with zero attached hydrogens (tertiary/aromatic N) is 1. The van der Waals surface area contributed by atoms with E-state index in [1.807, 2.05) is 37.2 Å². The van der Waals surface area contributed by atoms with Crippen molar-refractivity contribution in [2.75, 3.05) is 14.1 Å². The minimum absolute atomic E-state index is 0.218. The largest absolute Gasteiger partial charge is 0.366 e. The maximum Gasteiger partial charge on any atom is 0.106 e. The standard InChI is InChI=1S/C12H18N2/c1-12(2,11(13)14(3)4)10-8-6-5-7-9-10/h5-9,13H,1-4H3. The first-order valence-corrected chi connectivity index (χ1v) is 4.78. The summed E-state index contributed by atoms with van der Waals surface area (Å²) in [6.45, 7) is 4.15. The van der Waals surface area contributed by atoms with Crippen molar-refractivity contribution in [3.05, 3.63) is 35.9 Å². The molecule has 2 heteroatoms. The number of nitrogens with one attached hydrogen (secondary N) is 1. The molecule has 0 aromatic heterocycles. The van der Waals surface area contributed by atoms with Crippen LogP contribution in [0.15, 0.2) is 30.3 Å². The summed E-state index contributed by atoms with van der Waals surface area (Å²) >= 11 is 0. The summed E-state index contributed by atoms with van der Waals surface area (Å²) in [6, 6.07) is 10.2. The molecule has 0 aliphatic heterocycles. The van der Waals surface area contributed by atoms with Gasteiger partial charge >= 0.3 is 0 Å². The molecule has 0 heterocycles. The van der Waals surface area contributed by atoms with Crippen LogP contribution in [0.1, 0.15) is 19.4 Å². The van der Waals surface area contributed by atoms with Crippen molar-refractivity contribution in [2.24, 2.45) is 0 Å². The Bertz CT molecular complexity index is 312. The molecule has 1 N–H and O–H groups in total. The monoisotopic (exact) mass is 190 g/mol. The summed E-state index contributed by atoms with van der Waals surface area (Å²) in [6.07, 6.45) is 0. The Morgan fingerprint density at radius 3 is 2.07 bits per heavy atom. The lowest BCUT2D eigenvalue weighted by atomic mass is 9.83. The van der Waals surface area contributed by atoms with Gasteiger partial charge in [-0.2, -0.15) is 0 Å². The van der Waals surface area contributed by atoms with Gasteiger partial charge in [-0.05, 0) is 19.4 Å². The zero-order valence-corrected chi connectivity index (χ0v) is 9.33. The normalized spacial score (nSPS) is 11.1. The van der Waals surface area contributed by atoms with Gasteiger partial charge in [-0.1, -0.05) is 30.3 Å². The molecule has 0 saturated carbocycles. The molecule has 0 unspecified atom stereocenters. The number of likely N-dealkylation sites (N-methyl/N-ethyl adjacent to an activating group) is 1. The molecular formula is C12H18N2. The smallest absolute Gasteiger partial charge is 0.106 e. The van der Waals surface area contributed by atoms with E-state index in [4.69, 9.17) is 5.41 Å². The second kappa shape index (κ2) is 3.82. The molecule has 1 aromatic carbocycles. The summed E-state index contributed by atoms with van der Waals surface area (Å²) < 4.78 is 0. The zero-order chi connectivity index (χ0) is 10.8. The van der Waals surface area contributed by atoms with Gasteiger partial charge in [0.2, 0.25) is 0 Å². The highest BCUT2D eigenvalue weighted by Gasteiger charge is 2.27. The van der Waals surface area contributed by atoms with Crippen molar-refractivity contribution in [3.63, 3.8) is 0 Å². The molecule has 2 nitrogen and oxygen atoms in total. The Morgan fingerprint density at radius 1 is 1.14 bits per heavy atom. The Balaban J connectivity index is 3.02. The second-order valence-electron chi connectivity index (χ2n) is 4.23. The third kappa shape index (κ3) is 1.95. The van der Waals surface area contributed by atoms with Crippen LogP contribution >= 0.6 is 0 Å². The number of amidine groups is 1. The van der Waals surface area contributed by atoms with E-state index in [1.165, 1.54) is 5.56 Å². The summed E-state index contributed by atoms with van der Waals surface area (Å²) in [4.78, 5) is 1.85. The molecule has 1 rings (SSSR count). The molecule has 0 aliphatic rings. The average Bonchev–Trinajstić information content (AvgIpc) is 2.18. The van der Waals surface area contributed by atoms with Crippen molar-refractivity contribution >= 4 is 5.84 Å². The first-order chi connectivity index (χ1) is 6.46. The van der Waals surface area contributed by atoms with Gasteiger partial charge < -0.3 is 4.90 Å². The van der Waals surface area contributed by atoms with Gasteiger partial charge in [-0.15, -0.1) is 0 Å². The van der Waals surface area contributed by atoms with Crippen molar-refractivity contribution in [3.8, 4) is 0 Å². The fourth-order valence-electron chi connectivity index (χ4n) is 1.55. The molecule has 0 spiro atoms. The molecule has 0 saturated heterocycles. The van der Waals surface area contributed by atoms with E-state index >= 15 is 0 Å². The molecule has 0 bridgehead atoms. The Kier molecular flexibility index (Phi) is 2.94. The zero-order valence-electron chi connectivity index (χ0n) is 9.33. The number of hydrogen-bond acceptors (Lipinski definition) is 1. The fraction of sp³-hybridized carbons (Fsp3) is 0.417. The predicted molar refractivity (Wildman–Crippen MR) is 60.9 cm³/mol. The third-order valence-corrected chi connectivity index (χ3v) is 2.53. The molecule has 14 heavy (non-hydrogen) atoms. The first kappa shape index (κ1) is 10.8. The van der Waals surface area contributed by atoms with E-state index in [-0.39, 0.29) is 5.41 Å². The molecule has 1 aromatic rings. The van der Waals surface area contributed by atoms with Gasteiger partial charge in [0.1, 0.15) is 5.84 Å². The van der Waals surface area contributed by atoms with Crippen LogP contribution < -0.4 is 0 Å². The van der Waals surface area contributed by atoms with Gasteiger partial charge in [0.25, 0.3) is 0 Å². The van der Waals surface area contributed by atoms with Gasteiger partial charge in [0.05, 0.1) is 0 Å². The Hall–Kier alpha value is -1.31. The topological polar surface area (TPSA) is 27.1 Å². The van der Waals surface area contributed by atoms with E-state index in [0.717, 1.165) is 0 Å². The summed E-state index contributed by atoms with van der Waals surface area (Å²) in [5.74, 6) is 0.628. The quantitative estimate of drug-likeness (QED) is 0.563. The fourth-order valence-corrected chi connectivity index (χ4v) is 1.55. The highest BCUT2D eigenvalue weighted by atomic mass is 15.1. The SMILES string of the molecule is CN(C)C(=N)C(C)(C)c1ccccc1. The Morgan fingerprint density at radius 2 is 1.64 bits per heavy atom. The number of benzene rings is 1. The van der Waals surface area contributed by atoms with Crippen LogP contribution in [0.4, 0.5) is 0 Å². The molecular weight excluding hydrogens is 172 g/mol. The molecule has 0 fully saturated rings. The number of hydrogen-bond donors (Lipinski definition) is 1.